The molecule has 1 N–H and O–H groups in total. The van der Waals surface area contributed by atoms with Gasteiger partial charge in [0.05, 0.1) is 11.8 Å². The Labute approximate surface area is 153 Å². The molecule has 3 heterocycles. The maximum atomic E-state index is 9.58. The largest absolute Gasteiger partial charge is 0.508 e. The van der Waals surface area contributed by atoms with Crippen LogP contribution >= 0.6 is 0 Å². The lowest BCUT2D eigenvalue weighted by atomic mass is 9.91. The van der Waals surface area contributed by atoms with Gasteiger partial charge in [-0.1, -0.05) is 18.2 Å². The van der Waals surface area contributed by atoms with Gasteiger partial charge < -0.3 is 14.7 Å². The molecule has 0 radical (unpaired) electrons. The molecule has 5 rings (SSSR count). The van der Waals surface area contributed by atoms with Gasteiger partial charge in [-0.2, -0.15) is 5.10 Å². The summed E-state index contributed by atoms with van der Waals surface area (Å²) in [5.41, 5.74) is 2.99. The SMILES string of the molecule is CN1CCC2(CC1)Oc1ccccc1[C@H]1CC(c3ccc(O)cc3)=NN12. The van der Waals surface area contributed by atoms with Crippen LogP contribution in [0.3, 0.4) is 0 Å². The molecule has 2 aromatic carbocycles. The number of para-hydroxylation sites is 1. The van der Waals surface area contributed by atoms with Crippen molar-refractivity contribution in [2.24, 2.45) is 5.10 Å². The molecular formula is C21H23N3O2. The van der Waals surface area contributed by atoms with E-state index in [1.807, 2.05) is 18.2 Å². The summed E-state index contributed by atoms with van der Waals surface area (Å²) < 4.78 is 6.58. The van der Waals surface area contributed by atoms with Gasteiger partial charge in [-0.25, -0.2) is 5.01 Å². The van der Waals surface area contributed by atoms with Crippen molar-refractivity contribution in [2.75, 3.05) is 20.1 Å². The quantitative estimate of drug-likeness (QED) is 0.858. The molecule has 5 heteroatoms. The molecule has 0 unspecified atom stereocenters. The first kappa shape index (κ1) is 15.7. The Kier molecular flexibility index (Phi) is 3.47. The maximum Gasteiger partial charge on any atom is 0.200 e. The van der Waals surface area contributed by atoms with Crippen molar-refractivity contribution >= 4 is 5.71 Å². The Hall–Kier alpha value is -2.53. The summed E-state index contributed by atoms with van der Waals surface area (Å²) in [6.45, 7) is 2.02. The predicted octanol–water partition coefficient (Wildman–Crippen LogP) is 3.36. The number of hydrogen-bond acceptors (Lipinski definition) is 5. The van der Waals surface area contributed by atoms with Gasteiger partial charge in [0.1, 0.15) is 11.5 Å². The monoisotopic (exact) mass is 349 g/mol. The first-order valence-electron chi connectivity index (χ1n) is 9.27. The van der Waals surface area contributed by atoms with Gasteiger partial charge in [0.15, 0.2) is 0 Å². The highest BCUT2D eigenvalue weighted by Crippen LogP contribution is 2.49. The number of benzene rings is 2. The van der Waals surface area contributed by atoms with E-state index in [2.05, 4.69) is 35.2 Å². The second-order valence-electron chi connectivity index (χ2n) is 7.55. The first-order chi connectivity index (χ1) is 12.6. The predicted molar refractivity (Wildman–Crippen MR) is 100 cm³/mol. The van der Waals surface area contributed by atoms with Crippen LogP contribution in [0.25, 0.3) is 0 Å². The minimum absolute atomic E-state index is 0.215. The minimum atomic E-state index is -0.357. The van der Waals surface area contributed by atoms with Crippen molar-refractivity contribution in [1.82, 2.24) is 9.91 Å². The third kappa shape index (κ3) is 2.38. The molecule has 0 aliphatic carbocycles. The number of piperidine rings is 1. The average molecular weight is 349 g/mol. The fourth-order valence-electron chi connectivity index (χ4n) is 4.36. The number of nitrogens with zero attached hydrogens (tertiary/aromatic N) is 3. The number of ether oxygens (including phenoxy) is 1. The van der Waals surface area contributed by atoms with Gasteiger partial charge >= 0.3 is 0 Å². The smallest absolute Gasteiger partial charge is 0.200 e. The third-order valence-electron chi connectivity index (χ3n) is 5.87. The molecule has 26 heavy (non-hydrogen) atoms. The summed E-state index contributed by atoms with van der Waals surface area (Å²) in [6, 6.07) is 15.9. The van der Waals surface area contributed by atoms with E-state index in [1.54, 1.807) is 12.1 Å². The second-order valence-corrected chi connectivity index (χ2v) is 7.55. The molecule has 1 spiro atoms. The highest BCUT2D eigenvalue weighted by Gasteiger charge is 2.51. The zero-order chi connectivity index (χ0) is 17.7. The third-order valence-corrected chi connectivity index (χ3v) is 5.87. The summed E-state index contributed by atoms with van der Waals surface area (Å²) in [5.74, 6) is 1.28. The lowest BCUT2D eigenvalue weighted by Crippen LogP contribution is -2.58. The van der Waals surface area contributed by atoms with Crippen molar-refractivity contribution in [3.8, 4) is 11.5 Å². The van der Waals surface area contributed by atoms with Crippen molar-refractivity contribution in [2.45, 2.75) is 31.0 Å². The topological polar surface area (TPSA) is 48.3 Å². The number of hydrogen-bond donors (Lipinski definition) is 1. The van der Waals surface area contributed by atoms with Gasteiger partial charge in [-0.15, -0.1) is 0 Å². The zero-order valence-electron chi connectivity index (χ0n) is 14.9. The van der Waals surface area contributed by atoms with Crippen LogP contribution in [0.2, 0.25) is 0 Å². The standard InChI is InChI=1S/C21H23N3O2/c1-23-12-10-21(11-13-23)24-19(17-4-2-3-5-20(17)26-21)14-18(22-24)15-6-8-16(25)9-7-15/h2-9,19,25H,10-14H2,1H3/t19-/m1/s1. The second kappa shape index (κ2) is 5.74. The lowest BCUT2D eigenvalue weighted by Gasteiger charge is -2.50. The molecule has 0 aromatic heterocycles. The summed E-state index contributed by atoms with van der Waals surface area (Å²) in [5, 5.41) is 16.8. The van der Waals surface area contributed by atoms with Crippen LogP contribution in [0, 0.1) is 0 Å². The normalized spacial score (nSPS) is 24.0. The van der Waals surface area contributed by atoms with Gasteiger partial charge in [0.2, 0.25) is 5.72 Å². The van der Waals surface area contributed by atoms with Crippen molar-refractivity contribution in [3.05, 3.63) is 59.7 Å². The van der Waals surface area contributed by atoms with E-state index in [1.165, 1.54) is 5.56 Å². The van der Waals surface area contributed by atoms with Gasteiger partial charge in [0.25, 0.3) is 0 Å². The number of phenols is 1. The molecular weight excluding hydrogens is 326 g/mol. The number of rotatable bonds is 1. The van der Waals surface area contributed by atoms with Crippen LogP contribution in [-0.4, -0.2) is 46.6 Å². The Morgan fingerprint density at radius 2 is 1.81 bits per heavy atom. The highest BCUT2D eigenvalue weighted by atomic mass is 16.5. The van der Waals surface area contributed by atoms with Gasteiger partial charge in [-0.05, 0) is 42.9 Å². The fourth-order valence-corrected chi connectivity index (χ4v) is 4.36. The molecule has 5 nitrogen and oxygen atoms in total. The number of likely N-dealkylation sites (tertiary alicyclic amines) is 1. The number of aromatic hydroxyl groups is 1. The molecule has 134 valence electrons. The minimum Gasteiger partial charge on any atom is -0.508 e. The highest BCUT2D eigenvalue weighted by molar-refractivity contribution is 6.02. The average Bonchev–Trinajstić information content (AvgIpc) is 3.12. The van der Waals surface area contributed by atoms with E-state index < -0.39 is 0 Å². The van der Waals surface area contributed by atoms with E-state index in [-0.39, 0.29) is 17.5 Å². The van der Waals surface area contributed by atoms with E-state index in [4.69, 9.17) is 9.84 Å². The Morgan fingerprint density at radius 3 is 2.58 bits per heavy atom. The molecule has 0 saturated carbocycles. The van der Waals surface area contributed by atoms with Crippen molar-refractivity contribution < 1.29 is 9.84 Å². The van der Waals surface area contributed by atoms with Crippen LogP contribution in [-0.2, 0) is 0 Å². The molecule has 2 aromatic rings. The van der Waals surface area contributed by atoms with E-state index in [0.29, 0.717) is 0 Å². The van der Waals surface area contributed by atoms with Crippen LogP contribution in [0.4, 0.5) is 0 Å². The summed E-state index contributed by atoms with van der Waals surface area (Å²) in [4.78, 5) is 2.35. The van der Waals surface area contributed by atoms with E-state index in [0.717, 1.165) is 49.4 Å². The Balaban J connectivity index is 1.57. The summed E-state index contributed by atoms with van der Waals surface area (Å²) in [6.07, 6.45) is 2.75. The molecule has 1 atom stereocenters. The van der Waals surface area contributed by atoms with Gasteiger partial charge in [-0.3, -0.25) is 0 Å². The summed E-state index contributed by atoms with van der Waals surface area (Å²) >= 11 is 0. The molecule has 1 fully saturated rings. The van der Waals surface area contributed by atoms with Crippen molar-refractivity contribution in [3.63, 3.8) is 0 Å². The van der Waals surface area contributed by atoms with Gasteiger partial charge in [0, 0.05) is 37.9 Å². The molecule has 3 aliphatic rings. The van der Waals surface area contributed by atoms with Crippen LogP contribution < -0.4 is 4.74 Å². The molecule has 0 bridgehead atoms. The summed E-state index contributed by atoms with van der Waals surface area (Å²) in [7, 11) is 2.16. The zero-order valence-corrected chi connectivity index (χ0v) is 14.9. The number of fused-ring (bicyclic) bond motifs is 4. The molecule has 3 aliphatic heterocycles. The van der Waals surface area contributed by atoms with Crippen LogP contribution in [0.1, 0.15) is 36.4 Å². The van der Waals surface area contributed by atoms with E-state index in [9.17, 15) is 5.11 Å². The van der Waals surface area contributed by atoms with Crippen LogP contribution in [0.5, 0.6) is 11.5 Å². The Bertz CT molecular complexity index is 854. The molecule has 0 amide bonds. The number of phenolic OH excluding ortho intramolecular Hbond substituents is 1. The van der Waals surface area contributed by atoms with Crippen LogP contribution in [0.15, 0.2) is 53.6 Å². The first-order valence-corrected chi connectivity index (χ1v) is 9.27. The Morgan fingerprint density at radius 1 is 1.08 bits per heavy atom. The van der Waals surface area contributed by atoms with Crippen molar-refractivity contribution in [1.29, 1.82) is 0 Å². The maximum absolute atomic E-state index is 9.58. The molecule has 1 saturated heterocycles. The van der Waals surface area contributed by atoms with E-state index >= 15 is 0 Å². The number of hydrazone groups is 1. The lowest BCUT2D eigenvalue weighted by molar-refractivity contribution is -0.147. The fraction of sp³-hybridized carbons (Fsp3) is 0.381.